The Hall–Kier alpha value is -1.70. The van der Waals surface area contributed by atoms with Gasteiger partial charge in [-0.2, -0.15) is 13.2 Å². The molecular weight excluding hydrogens is 274 g/mol. The molecular formula is C10H5F4NO2S. The molecule has 0 unspecified atom stereocenters. The van der Waals surface area contributed by atoms with Gasteiger partial charge in [0.15, 0.2) is 5.01 Å². The number of thiazole rings is 1. The molecule has 0 saturated heterocycles. The van der Waals surface area contributed by atoms with E-state index in [1.807, 2.05) is 0 Å². The Morgan fingerprint density at radius 3 is 2.61 bits per heavy atom. The van der Waals surface area contributed by atoms with Gasteiger partial charge in [0.2, 0.25) is 0 Å². The van der Waals surface area contributed by atoms with Gasteiger partial charge in [0.25, 0.3) is 0 Å². The van der Waals surface area contributed by atoms with Crippen LogP contribution in [0.2, 0.25) is 0 Å². The van der Waals surface area contributed by atoms with Crippen LogP contribution in [-0.4, -0.2) is 18.1 Å². The minimum Gasteiger partial charge on any atom is -0.465 e. The molecule has 96 valence electrons. The van der Waals surface area contributed by atoms with Gasteiger partial charge in [-0.15, -0.1) is 11.3 Å². The minimum absolute atomic E-state index is 0.0530. The van der Waals surface area contributed by atoms with Crippen molar-refractivity contribution in [2.24, 2.45) is 0 Å². The molecule has 8 heteroatoms. The number of aromatic nitrogens is 1. The fourth-order valence-electron chi connectivity index (χ4n) is 1.38. The molecule has 0 aliphatic rings. The summed E-state index contributed by atoms with van der Waals surface area (Å²) in [5, 5.41) is -1.13. The zero-order valence-electron chi connectivity index (χ0n) is 8.84. The van der Waals surface area contributed by atoms with Crippen molar-refractivity contribution in [1.82, 2.24) is 4.98 Å². The normalized spacial score (nSPS) is 11.8. The van der Waals surface area contributed by atoms with Gasteiger partial charge in [0.1, 0.15) is 5.82 Å². The predicted octanol–water partition coefficient (Wildman–Crippen LogP) is 3.24. The van der Waals surface area contributed by atoms with Crippen molar-refractivity contribution < 1.29 is 27.1 Å². The van der Waals surface area contributed by atoms with Gasteiger partial charge < -0.3 is 4.74 Å². The van der Waals surface area contributed by atoms with Gasteiger partial charge >= 0.3 is 12.1 Å². The number of carbonyl (C=O) groups is 1. The third-order valence-electron chi connectivity index (χ3n) is 2.11. The fraction of sp³-hybridized carbons (Fsp3) is 0.200. The second-order valence-corrected chi connectivity index (χ2v) is 4.34. The number of esters is 1. The Balaban J connectivity index is 2.72. The Bertz CT molecular complexity index is 620. The van der Waals surface area contributed by atoms with Crippen LogP contribution in [0.3, 0.4) is 0 Å². The van der Waals surface area contributed by atoms with Gasteiger partial charge in [-0.1, -0.05) is 0 Å². The largest absolute Gasteiger partial charge is 0.465 e. The number of fused-ring (bicyclic) bond motifs is 1. The first-order chi connectivity index (χ1) is 8.32. The van der Waals surface area contributed by atoms with Crippen molar-refractivity contribution in [3.8, 4) is 0 Å². The third kappa shape index (κ3) is 2.15. The second kappa shape index (κ2) is 4.20. The van der Waals surface area contributed by atoms with E-state index in [1.165, 1.54) is 0 Å². The molecule has 3 nitrogen and oxygen atoms in total. The zero-order valence-corrected chi connectivity index (χ0v) is 9.66. The Labute approximate surface area is 102 Å². The lowest BCUT2D eigenvalue weighted by atomic mass is 10.2. The van der Waals surface area contributed by atoms with Crippen molar-refractivity contribution in [3.05, 3.63) is 28.5 Å². The van der Waals surface area contributed by atoms with Crippen LogP contribution in [0.1, 0.15) is 15.4 Å². The summed E-state index contributed by atoms with van der Waals surface area (Å²) in [7, 11) is 1.05. The lowest BCUT2D eigenvalue weighted by Gasteiger charge is -2.00. The van der Waals surface area contributed by atoms with Gasteiger partial charge in [-0.05, 0) is 12.1 Å². The number of alkyl halides is 3. The number of hydrogen-bond donors (Lipinski definition) is 0. The Kier molecular flexibility index (Phi) is 2.97. The van der Waals surface area contributed by atoms with Gasteiger partial charge in [0.05, 0.1) is 22.9 Å². The molecule has 18 heavy (non-hydrogen) atoms. The zero-order chi connectivity index (χ0) is 13.5. The Morgan fingerprint density at radius 1 is 1.39 bits per heavy atom. The summed E-state index contributed by atoms with van der Waals surface area (Å²) in [5.74, 6) is -1.75. The number of halogens is 4. The molecule has 0 spiro atoms. The number of rotatable bonds is 1. The van der Waals surface area contributed by atoms with E-state index in [9.17, 15) is 22.4 Å². The monoisotopic (exact) mass is 279 g/mol. The quantitative estimate of drug-likeness (QED) is 0.594. The highest BCUT2D eigenvalue weighted by atomic mass is 32.1. The summed E-state index contributed by atoms with van der Waals surface area (Å²) < 4.78 is 54.9. The van der Waals surface area contributed by atoms with E-state index in [0.29, 0.717) is 0 Å². The molecule has 2 aromatic rings. The molecule has 0 aliphatic heterocycles. The number of nitrogens with zero attached hydrogens (tertiary/aromatic N) is 1. The smallest absolute Gasteiger partial charge is 0.443 e. The standard InChI is InChI=1S/C10H5F4NO2S/c1-17-8(16)5-2-4(11)3-6-7(5)15-9(18-6)10(12,13)14/h2-3H,1H3. The average molecular weight is 279 g/mol. The number of benzene rings is 1. The molecule has 0 N–H and O–H groups in total. The number of ether oxygens (including phenoxy) is 1. The molecule has 0 aliphatic carbocycles. The van der Waals surface area contributed by atoms with Crippen LogP contribution in [0.4, 0.5) is 17.6 Å². The first-order valence-electron chi connectivity index (χ1n) is 4.58. The summed E-state index contributed by atoms with van der Waals surface area (Å²) in [6.07, 6.45) is -4.63. The van der Waals surface area contributed by atoms with Crippen LogP contribution in [0.25, 0.3) is 10.2 Å². The number of methoxy groups -OCH3 is 1. The van der Waals surface area contributed by atoms with Gasteiger partial charge in [-0.3, -0.25) is 0 Å². The SMILES string of the molecule is COC(=O)c1cc(F)cc2sc(C(F)(F)F)nc12. The van der Waals surface area contributed by atoms with Crippen LogP contribution in [-0.2, 0) is 10.9 Å². The van der Waals surface area contributed by atoms with Gasteiger partial charge in [0, 0.05) is 0 Å². The van der Waals surface area contributed by atoms with E-state index < -0.39 is 23.0 Å². The van der Waals surface area contributed by atoms with Crippen molar-refractivity contribution in [2.75, 3.05) is 7.11 Å². The first kappa shape index (κ1) is 12.7. The molecule has 0 radical (unpaired) electrons. The highest BCUT2D eigenvalue weighted by Gasteiger charge is 2.35. The fourth-order valence-corrected chi connectivity index (χ4v) is 2.27. The lowest BCUT2D eigenvalue weighted by molar-refractivity contribution is -0.137. The van der Waals surface area contributed by atoms with E-state index in [2.05, 4.69) is 9.72 Å². The lowest BCUT2D eigenvalue weighted by Crippen LogP contribution is -2.05. The Morgan fingerprint density at radius 2 is 2.06 bits per heavy atom. The van der Waals surface area contributed by atoms with Crippen molar-refractivity contribution in [3.63, 3.8) is 0 Å². The molecule has 1 aromatic heterocycles. The molecule has 0 bridgehead atoms. The maximum Gasteiger partial charge on any atom is 0.443 e. The van der Waals surface area contributed by atoms with Crippen LogP contribution < -0.4 is 0 Å². The third-order valence-corrected chi connectivity index (χ3v) is 3.15. The first-order valence-corrected chi connectivity index (χ1v) is 5.40. The van der Waals surface area contributed by atoms with Crippen molar-refractivity contribution in [2.45, 2.75) is 6.18 Å². The summed E-state index contributed by atoms with van der Waals surface area (Å²) in [5.41, 5.74) is -0.528. The van der Waals surface area contributed by atoms with Crippen LogP contribution in [0.15, 0.2) is 12.1 Å². The highest BCUT2D eigenvalue weighted by molar-refractivity contribution is 7.18. The summed E-state index contributed by atoms with van der Waals surface area (Å²) in [6.45, 7) is 0. The maximum atomic E-state index is 13.2. The minimum atomic E-state index is -4.63. The average Bonchev–Trinajstić information content (AvgIpc) is 2.70. The number of hydrogen-bond acceptors (Lipinski definition) is 4. The summed E-state index contributed by atoms with van der Waals surface area (Å²) in [4.78, 5) is 14.7. The maximum absolute atomic E-state index is 13.2. The molecule has 2 rings (SSSR count). The van der Waals surface area contributed by atoms with Crippen molar-refractivity contribution in [1.29, 1.82) is 0 Å². The topological polar surface area (TPSA) is 39.2 Å². The van der Waals surface area contributed by atoms with Crippen LogP contribution in [0.5, 0.6) is 0 Å². The van der Waals surface area contributed by atoms with E-state index in [1.54, 1.807) is 0 Å². The van der Waals surface area contributed by atoms with Crippen LogP contribution >= 0.6 is 11.3 Å². The summed E-state index contributed by atoms with van der Waals surface area (Å²) in [6, 6.07) is 1.70. The van der Waals surface area contributed by atoms with E-state index >= 15 is 0 Å². The van der Waals surface area contributed by atoms with Crippen molar-refractivity contribution >= 4 is 27.5 Å². The molecule has 0 saturated carbocycles. The highest BCUT2D eigenvalue weighted by Crippen LogP contribution is 2.36. The molecule has 0 atom stereocenters. The van der Waals surface area contributed by atoms with E-state index in [0.717, 1.165) is 19.2 Å². The van der Waals surface area contributed by atoms with E-state index in [4.69, 9.17) is 0 Å². The molecule has 0 fully saturated rings. The predicted molar refractivity (Wildman–Crippen MR) is 55.9 cm³/mol. The number of carbonyl (C=O) groups excluding carboxylic acids is 1. The molecule has 1 heterocycles. The second-order valence-electron chi connectivity index (χ2n) is 3.31. The molecule has 1 aromatic carbocycles. The van der Waals surface area contributed by atoms with E-state index in [-0.39, 0.29) is 27.1 Å². The van der Waals surface area contributed by atoms with Gasteiger partial charge in [-0.25, -0.2) is 14.2 Å². The summed E-state index contributed by atoms with van der Waals surface area (Å²) >= 11 is 0.277. The van der Waals surface area contributed by atoms with Crippen LogP contribution in [0, 0.1) is 5.82 Å². The molecule has 0 amide bonds.